The molecule has 1 aromatic carbocycles. The summed E-state index contributed by atoms with van der Waals surface area (Å²) in [6.45, 7) is 10.1. The van der Waals surface area contributed by atoms with Crippen molar-refractivity contribution in [3.05, 3.63) is 52.7 Å². The lowest BCUT2D eigenvalue weighted by Crippen LogP contribution is -2.16. The highest BCUT2D eigenvalue weighted by Gasteiger charge is 2.20. The maximum atomic E-state index is 5.83. The number of ether oxygens (including phenoxy) is 1. The largest absolute Gasteiger partial charge is 0.444 e. The predicted molar refractivity (Wildman–Crippen MR) is 112 cm³/mol. The molecular weight excluding hydrogens is 370 g/mol. The van der Waals surface area contributed by atoms with Crippen LogP contribution < -0.4 is 0 Å². The summed E-state index contributed by atoms with van der Waals surface area (Å²) in [7, 11) is 0. The molecule has 4 rings (SSSR count). The van der Waals surface area contributed by atoms with Crippen molar-refractivity contribution in [1.82, 2.24) is 14.5 Å². The van der Waals surface area contributed by atoms with Crippen LogP contribution in [0.2, 0.25) is 0 Å². The van der Waals surface area contributed by atoms with E-state index in [2.05, 4.69) is 50.5 Å². The van der Waals surface area contributed by atoms with Crippen LogP contribution in [-0.2, 0) is 17.0 Å². The van der Waals surface area contributed by atoms with E-state index in [1.807, 2.05) is 0 Å². The minimum Gasteiger partial charge on any atom is -0.444 e. The third-order valence-electron chi connectivity index (χ3n) is 5.35. The highest BCUT2D eigenvalue weighted by Crippen LogP contribution is 2.29. The van der Waals surface area contributed by atoms with E-state index in [1.54, 1.807) is 18.0 Å². The van der Waals surface area contributed by atoms with Crippen LogP contribution in [-0.4, -0.2) is 27.2 Å². The molecule has 5 nitrogen and oxygen atoms in total. The van der Waals surface area contributed by atoms with Gasteiger partial charge in [0.05, 0.1) is 24.0 Å². The number of benzene rings is 1. The van der Waals surface area contributed by atoms with Gasteiger partial charge in [0.2, 0.25) is 5.89 Å². The summed E-state index contributed by atoms with van der Waals surface area (Å²) in [5.74, 6) is 1.42. The van der Waals surface area contributed by atoms with Gasteiger partial charge in [-0.05, 0) is 52.2 Å². The second-order valence-electron chi connectivity index (χ2n) is 7.56. The molecule has 1 saturated heterocycles. The molecule has 0 spiro atoms. The molecule has 3 aromatic rings. The number of imidazole rings is 1. The summed E-state index contributed by atoms with van der Waals surface area (Å²) in [5, 5.41) is 1.03. The summed E-state index contributed by atoms with van der Waals surface area (Å²) in [4.78, 5) is 9.47. The van der Waals surface area contributed by atoms with Crippen LogP contribution in [0.4, 0.5) is 0 Å². The summed E-state index contributed by atoms with van der Waals surface area (Å²) in [5.41, 5.74) is 6.70. The highest BCUT2D eigenvalue weighted by atomic mass is 32.2. The Hall–Kier alpha value is -2.05. The Morgan fingerprint density at radius 2 is 2.04 bits per heavy atom. The number of thioether (sulfide) groups is 1. The van der Waals surface area contributed by atoms with E-state index in [0.29, 0.717) is 12.0 Å². The number of hydrogen-bond acceptors (Lipinski definition) is 5. The van der Waals surface area contributed by atoms with Gasteiger partial charge in [0.1, 0.15) is 6.26 Å². The molecule has 0 bridgehead atoms. The van der Waals surface area contributed by atoms with E-state index >= 15 is 0 Å². The first-order chi connectivity index (χ1) is 13.5. The monoisotopic (exact) mass is 397 g/mol. The maximum absolute atomic E-state index is 5.83. The lowest BCUT2D eigenvalue weighted by molar-refractivity contribution is 0.0945. The zero-order valence-electron chi connectivity index (χ0n) is 17.0. The van der Waals surface area contributed by atoms with Crippen LogP contribution in [0, 0.1) is 27.7 Å². The normalized spacial score (nSPS) is 16.8. The third kappa shape index (κ3) is 4.03. The average molecular weight is 398 g/mol. The molecule has 0 aliphatic carbocycles. The lowest BCUT2D eigenvalue weighted by atomic mass is 10.1. The van der Waals surface area contributed by atoms with Crippen LogP contribution in [0.5, 0.6) is 0 Å². The van der Waals surface area contributed by atoms with E-state index in [-0.39, 0.29) is 0 Å². The molecule has 6 heteroatoms. The molecule has 1 aliphatic rings. The molecule has 3 heterocycles. The fourth-order valence-corrected chi connectivity index (χ4v) is 4.61. The first kappa shape index (κ1) is 19.3. The van der Waals surface area contributed by atoms with Gasteiger partial charge in [0.15, 0.2) is 5.16 Å². The Bertz CT molecular complexity index is 970. The molecule has 28 heavy (non-hydrogen) atoms. The van der Waals surface area contributed by atoms with E-state index in [4.69, 9.17) is 19.1 Å². The van der Waals surface area contributed by atoms with Crippen molar-refractivity contribution < 1.29 is 9.15 Å². The highest BCUT2D eigenvalue weighted by molar-refractivity contribution is 7.98. The van der Waals surface area contributed by atoms with Crippen molar-refractivity contribution in [2.24, 2.45) is 0 Å². The second kappa shape index (κ2) is 8.13. The topological polar surface area (TPSA) is 53.1 Å². The number of hydrogen-bond donors (Lipinski definition) is 0. The van der Waals surface area contributed by atoms with Crippen molar-refractivity contribution >= 4 is 11.8 Å². The van der Waals surface area contributed by atoms with E-state index in [0.717, 1.165) is 53.9 Å². The fraction of sp³-hybridized carbons (Fsp3) is 0.455. The predicted octanol–water partition coefficient (Wildman–Crippen LogP) is 5.24. The Kier molecular flexibility index (Phi) is 5.60. The van der Waals surface area contributed by atoms with Gasteiger partial charge in [0, 0.05) is 23.6 Å². The smallest absolute Gasteiger partial charge is 0.226 e. The van der Waals surface area contributed by atoms with Crippen LogP contribution in [0.25, 0.3) is 11.5 Å². The Morgan fingerprint density at radius 1 is 1.18 bits per heavy atom. The molecule has 0 N–H and O–H groups in total. The van der Waals surface area contributed by atoms with Gasteiger partial charge < -0.3 is 13.7 Å². The van der Waals surface area contributed by atoms with Crippen molar-refractivity contribution in [3.8, 4) is 11.5 Å². The summed E-state index contributed by atoms with van der Waals surface area (Å²) in [6.07, 6.45) is 4.34. The molecule has 0 unspecified atom stereocenters. The molecule has 0 amide bonds. The molecular formula is C22H27N3O2S. The van der Waals surface area contributed by atoms with Gasteiger partial charge in [-0.15, -0.1) is 0 Å². The molecule has 1 aliphatic heterocycles. The molecule has 0 radical (unpaired) electrons. The zero-order valence-corrected chi connectivity index (χ0v) is 17.8. The zero-order chi connectivity index (χ0) is 19.7. The van der Waals surface area contributed by atoms with Gasteiger partial charge in [0.25, 0.3) is 0 Å². The maximum Gasteiger partial charge on any atom is 0.226 e. The summed E-state index contributed by atoms with van der Waals surface area (Å²) >= 11 is 1.71. The minimum absolute atomic E-state index is 0.301. The first-order valence-electron chi connectivity index (χ1n) is 9.81. The van der Waals surface area contributed by atoms with Gasteiger partial charge in [-0.25, -0.2) is 9.97 Å². The summed E-state index contributed by atoms with van der Waals surface area (Å²) < 4.78 is 13.9. The van der Waals surface area contributed by atoms with Crippen molar-refractivity contribution in [2.75, 3.05) is 6.61 Å². The van der Waals surface area contributed by atoms with Gasteiger partial charge in [-0.1, -0.05) is 29.5 Å². The molecule has 2 aromatic heterocycles. The quantitative estimate of drug-likeness (QED) is 0.532. The SMILES string of the molecule is Cc1ccc(-c2nc(CSc3nc(C)c(C)n3C[C@@H]3CCCO3)co2)c(C)c1. The van der Waals surface area contributed by atoms with Crippen LogP contribution >= 0.6 is 11.8 Å². The Labute approximate surface area is 170 Å². The molecule has 1 atom stereocenters. The number of aryl methyl sites for hydroxylation is 3. The van der Waals surface area contributed by atoms with Crippen LogP contribution in [0.15, 0.2) is 34.0 Å². The van der Waals surface area contributed by atoms with Crippen molar-refractivity contribution in [3.63, 3.8) is 0 Å². The molecule has 1 fully saturated rings. The number of rotatable bonds is 6. The molecule has 148 valence electrons. The molecule has 0 saturated carbocycles. The standard InChI is InChI=1S/C22H27N3O2S/c1-14-7-8-20(15(2)10-14)21-24-18(12-27-21)13-28-22-23-16(3)17(4)25(22)11-19-6-5-9-26-19/h7-8,10,12,19H,5-6,9,11,13H2,1-4H3/t19-/m0/s1. The number of nitrogens with zero attached hydrogens (tertiary/aromatic N) is 3. The third-order valence-corrected chi connectivity index (χ3v) is 6.36. The average Bonchev–Trinajstić information content (AvgIpc) is 3.39. The Balaban J connectivity index is 1.48. The van der Waals surface area contributed by atoms with Crippen LogP contribution in [0.3, 0.4) is 0 Å². The Morgan fingerprint density at radius 3 is 2.79 bits per heavy atom. The number of aromatic nitrogens is 3. The van der Waals surface area contributed by atoms with Crippen molar-refractivity contribution in [1.29, 1.82) is 0 Å². The summed E-state index contributed by atoms with van der Waals surface area (Å²) in [6, 6.07) is 6.32. The van der Waals surface area contributed by atoms with E-state index in [9.17, 15) is 0 Å². The fourth-order valence-electron chi connectivity index (χ4n) is 3.63. The first-order valence-corrected chi connectivity index (χ1v) is 10.8. The van der Waals surface area contributed by atoms with Gasteiger partial charge in [-0.2, -0.15) is 0 Å². The second-order valence-corrected chi connectivity index (χ2v) is 8.50. The van der Waals surface area contributed by atoms with Gasteiger partial charge in [-0.3, -0.25) is 0 Å². The van der Waals surface area contributed by atoms with E-state index in [1.165, 1.54) is 16.8 Å². The van der Waals surface area contributed by atoms with E-state index < -0.39 is 0 Å². The lowest BCUT2D eigenvalue weighted by Gasteiger charge is -2.14. The van der Waals surface area contributed by atoms with Crippen molar-refractivity contribution in [2.45, 2.75) is 64.1 Å². The minimum atomic E-state index is 0.301. The van der Waals surface area contributed by atoms with Crippen LogP contribution in [0.1, 0.15) is 41.1 Å². The number of oxazole rings is 1. The van der Waals surface area contributed by atoms with Gasteiger partial charge >= 0.3 is 0 Å².